The largest absolute Gasteiger partial charge is 0.290 e. The van der Waals surface area contributed by atoms with Gasteiger partial charge in [0.2, 0.25) is 15.8 Å². The fourth-order valence-electron chi connectivity index (χ4n) is 2.21. The number of fused-ring (bicyclic) bond motifs is 1. The number of quaternary nitrogens is 1. The lowest BCUT2D eigenvalue weighted by molar-refractivity contribution is -0.861. The molecule has 2 heterocycles. The van der Waals surface area contributed by atoms with Gasteiger partial charge in [-0.2, -0.15) is 10.0 Å². The first kappa shape index (κ1) is 17.3. The highest BCUT2D eigenvalue weighted by Gasteiger charge is 2.46. The summed E-state index contributed by atoms with van der Waals surface area (Å²) in [5.74, 6) is -10.5. The molecule has 130 valence electrons. The molecule has 1 aromatic carbocycles. The number of sulfonamides is 1. The molecule has 24 heavy (non-hydrogen) atoms. The first-order valence-electron chi connectivity index (χ1n) is 6.17. The Labute approximate surface area is 136 Å². The summed E-state index contributed by atoms with van der Waals surface area (Å²) in [5.41, 5.74) is -1.57. The Kier molecular flexibility index (Phi) is 4.16. The Balaban J connectivity index is 2.09. The fourth-order valence-corrected chi connectivity index (χ4v) is 3.78. The van der Waals surface area contributed by atoms with Crippen molar-refractivity contribution in [1.82, 2.24) is 9.95 Å². The van der Waals surface area contributed by atoms with E-state index in [1.54, 1.807) is 0 Å². The minimum atomic E-state index is -3.73. The maximum absolute atomic E-state index is 14.0. The Bertz CT molecular complexity index is 873. The molecule has 0 amide bonds. The number of hydrazine groups is 1. The van der Waals surface area contributed by atoms with Gasteiger partial charge in [0, 0.05) is 0 Å². The second kappa shape index (κ2) is 5.77. The van der Waals surface area contributed by atoms with Gasteiger partial charge in [0.15, 0.2) is 29.0 Å². The topological polar surface area (TPSA) is 66.2 Å². The maximum Gasteiger partial charge on any atom is 0.290 e. The third-order valence-electron chi connectivity index (χ3n) is 3.12. The number of nitrogens with one attached hydrogen (secondary N) is 2. The van der Waals surface area contributed by atoms with Crippen molar-refractivity contribution in [3.05, 3.63) is 40.8 Å². The molecule has 2 N–H and O–H groups in total. The normalized spacial score (nSPS) is 21.0. The molecule has 1 unspecified atom stereocenters. The highest BCUT2D eigenvalue weighted by atomic mass is 32.2. The van der Waals surface area contributed by atoms with Gasteiger partial charge in [-0.3, -0.25) is 0 Å². The van der Waals surface area contributed by atoms with Crippen molar-refractivity contribution in [2.24, 2.45) is 4.99 Å². The predicted octanol–water partition coefficient (Wildman–Crippen LogP) is 0.321. The van der Waals surface area contributed by atoms with E-state index in [1.807, 2.05) is 0 Å². The number of hydrogen-bond donors (Lipinski definition) is 2. The molecular weight excluding hydrogens is 379 g/mol. The van der Waals surface area contributed by atoms with E-state index >= 15 is 0 Å². The van der Waals surface area contributed by atoms with Crippen LogP contribution in [-0.4, -0.2) is 30.8 Å². The molecule has 0 bridgehead atoms. The second-order valence-electron chi connectivity index (χ2n) is 4.84. The van der Waals surface area contributed by atoms with E-state index in [0.717, 1.165) is 29.3 Å². The highest BCUT2D eigenvalue weighted by molar-refractivity contribution is 8.13. The smallest absolute Gasteiger partial charge is 0.211 e. The predicted molar refractivity (Wildman–Crippen MR) is 74.9 cm³/mol. The minimum absolute atomic E-state index is 0.0218. The third-order valence-corrected chi connectivity index (χ3v) is 4.64. The minimum Gasteiger partial charge on any atom is -0.211 e. The summed E-state index contributed by atoms with van der Waals surface area (Å²) in [6.07, 6.45) is 1.77. The molecule has 1 fully saturated rings. The van der Waals surface area contributed by atoms with E-state index in [-0.39, 0.29) is 16.1 Å². The van der Waals surface area contributed by atoms with Crippen molar-refractivity contribution < 1.29 is 35.4 Å². The quantitative estimate of drug-likeness (QED) is 0.446. The van der Waals surface area contributed by atoms with Crippen LogP contribution in [0.2, 0.25) is 0 Å². The van der Waals surface area contributed by atoms with Gasteiger partial charge < -0.3 is 0 Å². The van der Waals surface area contributed by atoms with Gasteiger partial charge in [0.1, 0.15) is 11.4 Å². The van der Waals surface area contributed by atoms with E-state index in [9.17, 15) is 30.4 Å². The van der Waals surface area contributed by atoms with Crippen molar-refractivity contribution >= 4 is 32.6 Å². The van der Waals surface area contributed by atoms with Crippen LogP contribution >= 0.6 is 11.8 Å². The van der Waals surface area contributed by atoms with Crippen LogP contribution < -0.4 is 9.84 Å². The van der Waals surface area contributed by atoms with E-state index in [1.165, 1.54) is 0 Å². The van der Waals surface area contributed by atoms with Crippen molar-refractivity contribution in [3.8, 4) is 0 Å². The van der Waals surface area contributed by atoms with Gasteiger partial charge in [-0.05, 0) is 11.8 Å². The SMILES string of the molecule is CS(=O)(=O)NN1CSC2=NC=C(c3c(F)c(F)c(F)c(F)c3F)[NH+]21. The Morgan fingerprint density at radius 2 is 1.67 bits per heavy atom. The van der Waals surface area contributed by atoms with Crippen LogP contribution in [0.15, 0.2) is 11.2 Å². The van der Waals surface area contributed by atoms with Gasteiger partial charge in [-0.15, -0.1) is 4.83 Å². The number of halogens is 5. The first-order valence-corrected chi connectivity index (χ1v) is 9.04. The number of rotatable bonds is 3. The van der Waals surface area contributed by atoms with Gasteiger partial charge in [-0.25, -0.2) is 30.4 Å². The summed E-state index contributed by atoms with van der Waals surface area (Å²) < 4.78 is 90.6. The van der Waals surface area contributed by atoms with Crippen LogP contribution in [-0.2, 0) is 10.0 Å². The van der Waals surface area contributed by atoms with Crippen molar-refractivity contribution in [3.63, 3.8) is 0 Å². The molecule has 0 spiro atoms. The lowest BCUT2D eigenvalue weighted by Gasteiger charge is -2.21. The van der Waals surface area contributed by atoms with Gasteiger partial charge in [0.05, 0.1) is 12.5 Å². The average molecular weight is 387 g/mol. The highest BCUT2D eigenvalue weighted by Crippen LogP contribution is 2.29. The molecule has 6 nitrogen and oxygen atoms in total. The van der Waals surface area contributed by atoms with Crippen molar-refractivity contribution in [1.29, 1.82) is 0 Å². The van der Waals surface area contributed by atoms with E-state index in [4.69, 9.17) is 0 Å². The number of amidine groups is 1. The standard InChI is InChI=1S/C11H7F5N4O2S2/c1-24(21,22)18-19-3-23-11-17-2-4(20(11)19)5-6(12)8(14)10(16)9(15)7(5)13/h2,18H,3H2,1H3/p+1. The summed E-state index contributed by atoms with van der Waals surface area (Å²) in [5, 5.41) is 1.13. The van der Waals surface area contributed by atoms with Gasteiger partial charge in [-0.1, -0.05) is 5.12 Å². The van der Waals surface area contributed by atoms with Crippen LogP contribution in [0.1, 0.15) is 5.56 Å². The van der Waals surface area contributed by atoms with E-state index < -0.39 is 50.4 Å². The summed E-state index contributed by atoms with van der Waals surface area (Å²) in [4.78, 5) is 5.92. The summed E-state index contributed by atoms with van der Waals surface area (Å²) in [6.45, 7) is 0. The number of hydrogen-bond acceptors (Lipinski definition) is 5. The molecule has 0 radical (unpaired) electrons. The molecule has 1 aromatic rings. The third kappa shape index (κ3) is 2.71. The number of thioether (sulfide) groups is 1. The first-order chi connectivity index (χ1) is 11.1. The molecule has 1 atom stereocenters. The maximum atomic E-state index is 14.0. The van der Waals surface area contributed by atoms with Crippen LogP contribution in [0.25, 0.3) is 5.70 Å². The Morgan fingerprint density at radius 1 is 1.12 bits per heavy atom. The van der Waals surface area contributed by atoms with Crippen LogP contribution in [0, 0.1) is 29.1 Å². The molecular formula is C11H8F5N4O2S2+. The van der Waals surface area contributed by atoms with Crippen LogP contribution in [0.5, 0.6) is 0 Å². The van der Waals surface area contributed by atoms with Crippen LogP contribution in [0.3, 0.4) is 0 Å². The molecule has 0 aliphatic carbocycles. The summed E-state index contributed by atoms with van der Waals surface area (Å²) in [7, 11) is -3.73. The zero-order valence-electron chi connectivity index (χ0n) is 11.7. The molecule has 0 saturated carbocycles. The van der Waals surface area contributed by atoms with E-state index in [0.29, 0.717) is 0 Å². The number of aliphatic imine (C=N–C) groups is 1. The van der Waals surface area contributed by atoms with E-state index in [2.05, 4.69) is 9.82 Å². The lowest BCUT2D eigenvalue weighted by atomic mass is 10.1. The second-order valence-corrected chi connectivity index (χ2v) is 7.50. The molecule has 0 aromatic heterocycles. The van der Waals surface area contributed by atoms with Gasteiger partial charge in [0.25, 0.3) is 5.17 Å². The Morgan fingerprint density at radius 3 is 2.21 bits per heavy atom. The molecule has 2 aliphatic heterocycles. The van der Waals surface area contributed by atoms with Crippen molar-refractivity contribution in [2.75, 3.05) is 12.1 Å². The molecule has 2 aliphatic rings. The average Bonchev–Trinajstić information content (AvgIpc) is 3.06. The zero-order valence-corrected chi connectivity index (χ0v) is 13.3. The van der Waals surface area contributed by atoms with Crippen molar-refractivity contribution in [2.45, 2.75) is 0 Å². The molecule has 1 saturated heterocycles. The Hall–Kier alpha value is -1.54. The monoisotopic (exact) mass is 387 g/mol. The van der Waals surface area contributed by atoms with Gasteiger partial charge >= 0.3 is 0 Å². The lowest BCUT2D eigenvalue weighted by Crippen LogP contribution is -3.16. The summed E-state index contributed by atoms with van der Waals surface area (Å²) in [6, 6.07) is 0. The molecule has 3 rings (SSSR count). The van der Waals surface area contributed by atoms with Crippen LogP contribution in [0.4, 0.5) is 22.0 Å². The molecule has 13 heteroatoms. The number of benzene rings is 1. The number of nitrogens with zero attached hydrogens (tertiary/aromatic N) is 2. The summed E-state index contributed by atoms with van der Waals surface area (Å²) >= 11 is 1.04. The zero-order chi connectivity index (χ0) is 17.8. The fraction of sp³-hybridized carbons (Fsp3) is 0.182.